The standard InChI is InChI=1S/C27H31N7O.4C2HF3O2/c1-27(2,3)22-8-6-21(7-9-22)26(35)30-23-19-34-24(29-23)10-11-25(31-34)33-15-13-32(14-16-33)18-20-5-4-12-28-17-20;4*3-2(4,5)1(6)7/h4-12,17,19H,13-16,18H2,1-3H3,(H,30,35);4*(H,6,7). The number of hydrogen-bond donors (Lipinski definition) is 5. The van der Waals surface area contributed by atoms with Crippen molar-refractivity contribution in [1.29, 1.82) is 0 Å². The third kappa shape index (κ3) is 20.1. The van der Waals surface area contributed by atoms with E-state index in [1.807, 2.05) is 48.7 Å². The third-order valence-electron chi connectivity index (χ3n) is 7.36. The van der Waals surface area contributed by atoms with Crippen LogP contribution in [-0.4, -0.2) is 126 Å². The molecule has 0 atom stereocenters. The second kappa shape index (κ2) is 22.4. The molecule has 0 spiro atoms. The number of nitrogens with one attached hydrogen (secondary N) is 1. The lowest BCUT2D eigenvalue weighted by Crippen LogP contribution is -2.46. The maximum atomic E-state index is 12.7. The Balaban J connectivity index is 0.000000574. The van der Waals surface area contributed by atoms with Crippen molar-refractivity contribution >= 4 is 47.1 Å². The van der Waals surface area contributed by atoms with Gasteiger partial charge in [-0.25, -0.2) is 28.7 Å². The predicted molar refractivity (Wildman–Crippen MR) is 193 cm³/mol. The molecule has 3 aromatic heterocycles. The van der Waals surface area contributed by atoms with Gasteiger partial charge in [0, 0.05) is 50.7 Å². The Morgan fingerprint density at radius 3 is 1.48 bits per heavy atom. The SMILES string of the molecule is CC(C)(C)c1ccc(C(=O)Nc2cn3nc(N4CCN(Cc5cccnc5)CC4)ccc3n2)cc1.O=C(O)C(F)(F)F.O=C(O)C(F)(F)F.O=C(O)C(F)(F)F.O=C(O)C(F)(F)F. The highest BCUT2D eigenvalue weighted by atomic mass is 19.4. The molecule has 63 heavy (non-hydrogen) atoms. The van der Waals surface area contributed by atoms with Gasteiger partial charge in [-0.05, 0) is 46.9 Å². The first-order valence-electron chi connectivity index (χ1n) is 17.0. The van der Waals surface area contributed by atoms with E-state index >= 15 is 0 Å². The van der Waals surface area contributed by atoms with E-state index in [1.54, 1.807) is 16.9 Å². The lowest BCUT2D eigenvalue weighted by atomic mass is 9.87. The van der Waals surface area contributed by atoms with Crippen LogP contribution in [0.2, 0.25) is 0 Å². The van der Waals surface area contributed by atoms with E-state index in [1.165, 1.54) is 11.1 Å². The molecule has 5 N–H and O–H groups in total. The minimum absolute atomic E-state index is 0.0476. The Hall–Kier alpha value is -6.74. The van der Waals surface area contributed by atoms with Crippen LogP contribution < -0.4 is 10.2 Å². The first-order chi connectivity index (χ1) is 28.6. The topological polar surface area (TPSA) is 228 Å². The van der Waals surface area contributed by atoms with Gasteiger partial charge in [0.15, 0.2) is 11.5 Å². The van der Waals surface area contributed by atoms with Crippen LogP contribution in [0.25, 0.3) is 5.65 Å². The smallest absolute Gasteiger partial charge is 0.475 e. The average Bonchev–Trinajstić information content (AvgIpc) is 3.56. The molecule has 1 aliphatic rings. The first kappa shape index (κ1) is 54.3. The van der Waals surface area contributed by atoms with Crippen molar-refractivity contribution in [2.45, 2.75) is 57.4 Å². The molecule has 28 heteroatoms. The molecule has 0 aliphatic carbocycles. The van der Waals surface area contributed by atoms with E-state index in [9.17, 15) is 57.5 Å². The molecule has 16 nitrogen and oxygen atoms in total. The molecule has 5 rings (SSSR count). The number of carbonyl (C=O) groups excluding carboxylic acids is 1. The number of anilines is 2. The maximum absolute atomic E-state index is 12.7. The molecule has 0 bridgehead atoms. The third-order valence-corrected chi connectivity index (χ3v) is 7.36. The number of amides is 1. The molecule has 4 aromatic rings. The minimum Gasteiger partial charge on any atom is -0.475 e. The summed E-state index contributed by atoms with van der Waals surface area (Å²) in [5, 5.41) is 36.1. The fourth-order valence-corrected chi connectivity index (χ4v) is 4.30. The van der Waals surface area contributed by atoms with Gasteiger partial charge in [-0.15, -0.1) is 5.10 Å². The van der Waals surface area contributed by atoms with Gasteiger partial charge in [-0.2, -0.15) is 52.7 Å². The Morgan fingerprint density at radius 2 is 1.10 bits per heavy atom. The number of halogens is 12. The number of fused-ring (bicyclic) bond motifs is 1. The van der Waals surface area contributed by atoms with Crippen LogP contribution in [-0.2, 0) is 31.1 Å². The Bertz CT molecular complexity index is 2030. The molecule has 1 amide bonds. The van der Waals surface area contributed by atoms with Crippen LogP contribution in [0.3, 0.4) is 0 Å². The van der Waals surface area contributed by atoms with Crippen LogP contribution in [0.1, 0.15) is 42.3 Å². The minimum atomic E-state index is -5.08. The van der Waals surface area contributed by atoms with Gasteiger partial charge in [-0.3, -0.25) is 14.7 Å². The fraction of sp³-hybridized carbons (Fsp3) is 0.371. The van der Waals surface area contributed by atoms with Gasteiger partial charge in [0.2, 0.25) is 0 Å². The van der Waals surface area contributed by atoms with Crippen LogP contribution in [0.4, 0.5) is 64.3 Å². The zero-order valence-electron chi connectivity index (χ0n) is 32.4. The number of benzene rings is 1. The number of nitrogens with zero attached hydrogens (tertiary/aromatic N) is 6. The summed E-state index contributed by atoms with van der Waals surface area (Å²) in [4.78, 5) is 61.8. The van der Waals surface area contributed by atoms with E-state index in [4.69, 9.17) is 44.7 Å². The van der Waals surface area contributed by atoms with E-state index in [0.717, 1.165) is 38.5 Å². The van der Waals surface area contributed by atoms with Crippen LogP contribution in [0.15, 0.2) is 67.1 Å². The van der Waals surface area contributed by atoms with Gasteiger partial charge in [0.05, 0.1) is 6.20 Å². The fourth-order valence-electron chi connectivity index (χ4n) is 4.30. The quantitative estimate of drug-likeness (QED) is 0.134. The number of rotatable bonds is 5. The van der Waals surface area contributed by atoms with E-state index in [2.05, 4.69) is 51.9 Å². The van der Waals surface area contributed by atoms with Crippen LogP contribution in [0.5, 0.6) is 0 Å². The zero-order chi connectivity index (χ0) is 48.7. The van der Waals surface area contributed by atoms with E-state index in [0.29, 0.717) is 17.0 Å². The van der Waals surface area contributed by atoms with E-state index in [-0.39, 0.29) is 11.3 Å². The highest BCUT2D eigenvalue weighted by Crippen LogP contribution is 2.23. The second-order valence-electron chi connectivity index (χ2n) is 13.2. The van der Waals surface area contributed by atoms with Gasteiger partial charge in [0.25, 0.3) is 5.91 Å². The van der Waals surface area contributed by atoms with E-state index < -0.39 is 48.6 Å². The number of aromatic nitrogens is 4. The van der Waals surface area contributed by atoms with Crippen molar-refractivity contribution in [3.05, 3.63) is 83.8 Å². The largest absolute Gasteiger partial charge is 0.490 e. The van der Waals surface area contributed by atoms with Crippen LogP contribution >= 0.6 is 0 Å². The summed E-state index contributed by atoms with van der Waals surface area (Å²) in [5.41, 5.74) is 3.77. The van der Waals surface area contributed by atoms with Crippen molar-refractivity contribution in [3.63, 3.8) is 0 Å². The van der Waals surface area contributed by atoms with Crippen molar-refractivity contribution in [2.24, 2.45) is 0 Å². The van der Waals surface area contributed by atoms with Crippen molar-refractivity contribution < 1.29 is 97.1 Å². The zero-order valence-corrected chi connectivity index (χ0v) is 32.4. The number of aliphatic carboxylic acids is 4. The highest BCUT2D eigenvalue weighted by Gasteiger charge is 2.40. The predicted octanol–water partition coefficient (Wildman–Crippen LogP) is 6.53. The molecule has 1 saturated heterocycles. The van der Waals surface area contributed by atoms with Gasteiger partial charge < -0.3 is 30.6 Å². The van der Waals surface area contributed by atoms with Crippen molar-refractivity contribution in [1.82, 2.24) is 24.5 Å². The normalized spacial score (nSPS) is 13.3. The van der Waals surface area contributed by atoms with Gasteiger partial charge >= 0.3 is 48.6 Å². The number of carbonyl (C=O) groups is 5. The Kier molecular flexibility index (Phi) is 19.3. The Labute approximate surface area is 346 Å². The number of carboxylic acids is 4. The summed E-state index contributed by atoms with van der Waals surface area (Å²) in [6.07, 6.45) is -14.8. The lowest BCUT2D eigenvalue weighted by Gasteiger charge is -2.35. The molecule has 348 valence electrons. The summed E-state index contributed by atoms with van der Waals surface area (Å²) in [6, 6.07) is 15.8. The first-order valence-corrected chi connectivity index (χ1v) is 17.0. The molecular formula is C35H35F12N7O9. The lowest BCUT2D eigenvalue weighted by molar-refractivity contribution is -0.193. The molecule has 1 aliphatic heterocycles. The number of piperazine rings is 1. The summed E-state index contributed by atoms with van der Waals surface area (Å²) >= 11 is 0. The molecule has 1 aromatic carbocycles. The van der Waals surface area contributed by atoms with Crippen LogP contribution in [0, 0.1) is 0 Å². The molecular weight excluding hydrogens is 890 g/mol. The number of alkyl halides is 12. The Morgan fingerprint density at radius 1 is 0.651 bits per heavy atom. The number of carboxylic acid groups (broad SMARTS) is 4. The molecule has 4 heterocycles. The number of imidazole rings is 1. The van der Waals surface area contributed by atoms with Crippen molar-refractivity contribution in [2.75, 3.05) is 36.4 Å². The average molecular weight is 926 g/mol. The van der Waals surface area contributed by atoms with Gasteiger partial charge in [0.1, 0.15) is 5.82 Å². The summed E-state index contributed by atoms with van der Waals surface area (Å²) < 4.78 is 129. The highest BCUT2D eigenvalue weighted by molar-refractivity contribution is 6.03. The molecule has 1 fully saturated rings. The monoisotopic (exact) mass is 925 g/mol. The summed E-state index contributed by atoms with van der Waals surface area (Å²) in [5.74, 6) is -9.81. The van der Waals surface area contributed by atoms with Crippen molar-refractivity contribution in [3.8, 4) is 0 Å². The number of hydrogen-bond acceptors (Lipinski definition) is 10. The molecule has 0 radical (unpaired) electrons. The number of pyridine rings is 1. The van der Waals surface area contributed by atoms with Gasteiger partial charge in [-0.1, -0.05) is 39.0 Å². The summed E-state index contributed by atoms with van der Waals surface area (Å²) in [6.45, 7) is 11.1. The maximum Gasteiger partial charge on any atom is 0.490 e. The molecule has 0 unspecified atom stereocenters. The summed E-state index contributed by atoms with van der Waals surface area (Å²) in [7, 11) is 0. The second-order valence-corrected chi connectivity index (χ2v) is 13.2. The molecule has 0 saturated carbocycles.